The van der Waals surface area contributed by atoms with Gasteiger partial charge in [-0.3, -0.25) is 0 Å². The molecular weight excluding hydrogens is 184 g/mol. The molecule has 0 N–H and O–H groups in total. The summed E-state index contributed by atoms with van der Waals surface area (Å²) in [7, 11) is 0. The van der Waals surface area contributed by atoms with Crippen LogP contribution in [0.1, 0.15) is 44.9 Å². The molecule has 1 heterocycles. The second-order valence-corrected chi connectivity index (χ2v) is 4.83. The summed E-state index contributed by atoms with van der Waals surface area (Å²) in [6, 6.07) is 0. The lowest BCUT2D eigenvalue weighted by molar-refractivity contribution is 0.0502. The van der Waals surface area contributed by atoms with Gasteiger partial charge >= 0.3 is 0 Å². The molecule has 0 radical (unpaired) electrons. The topological polar surface area (TPSA) is 9.23 Å². The van der Waals surface area contributed by atoms with Gasteiger partial charge in [-0.1, -0.05) is 31.8 Å². The summed E-state index contributed by atoms with van der Waals surface area (Å²) >= 11 is 0. The van der Waals surface area contributed by atoms with Crippen molar-refractivity contribution in [2.24, 2.45) is 11.3 Å². The zero-order valence-corrected chi connectivity index (χ0v) is 9.43. The van der Waals surface area contributed by atoms with E-state index in [1.807, 2.05) is 0 Å². The zero-order valence-electron chi connectivity index (χ0n) is 9.43. The molecule has 1 saturated heterocycles. The minimum Gasteiger partial charge on any atom is -0.497 e. The number of hydrogen-bond donors (Lipinski definition) is 0. The molecule has 0 bridgehead atoms. The number of rotatable bonds is 1. The Morgan fingerprint density at radius 1 is 1.27 bits per heavy atom. The van der Waals surface area contributed by atoms with Crippen molar-refractivity contribution in [1.29, 1.82) is 0 Å². The summed E-state index contributed by atoms with van der Waals surface area (Å²) in [5.41, 5.74) is -0.140. The normalized spacial score (nSPS) is 33.1. The predicted octanol–water partition coefficient (Wildman–Crippen LogP) is 3.51. The molecule has 1 saturated carbocycles. The molecular formula is C14H20O. The van der Waals surface area contributed by atoms with Gasteiger partial charge in [0.15, 0.2) is 0 Å². The fourth-order valence-electron chi connectivity index (χ4n) is 3.11. The lowest BCUT2D eigenvalue weighted by Gasteiger charge is -2.42. The zero-order chi connectivity index (χ0) is 10.7. The van der Waals surface area contributed by atoms with E-state index in [1.54, 1.807) is 0 Å². The molecule has 1 heteroatoms. The molecule has 0 aromatic rings. The van der Waals surface area contributed by atoms with E-state index in [9.17, 15) is 0 Å². The van der Waals surface area contributed by atoms with Crippen LogP contribution in [-0.2, 0) is 4.74 Å². The first-order chi connectivity index (χ1) is 7.29. The Kier molecular flexibility index (Phi) is 3.05. The molecule has 0 amide bonds. The Morgan fingerprint density at radius 2 is 2.00 bits per heavy atom. The van der Waals surface area contributed by atoms with Crippen molar-refractivity contribution in [2.75, 3.05) is 6.61 Å². The Morgan fingerprint density at radius 3 is 2.60 bits per heavy atom. The summed E-state index contributed by atoms with van der Waals surface area (Å²) < 4.78 is 5.60. The third-order valence-electron chi connectivity index (χ3n) is 4.05. The predicted molar refractivity (Wildman–Crippen MR) is 62.2 cm³/mol. The van der Waals surface area contributed by atoms with Crippen LogP contribution in [-0.4, -0.2) is 6.61 Å². The molecule has 2 aliphatic rings. The van der Waals surface area contributed by atoms with Crippen LogP contribution >= 0.6 is 0 Å². The van der Waals surface area contributed by atoms with Gasteiger partial charge in [0.05, 0.1) is 12.0 Å². The molecule has 0 aromatic heterocycles. The summed E-state index contributed by atoms with van der Waals surface area (Å²) in [4.78, 5) is 0. The summed E-state index contributed by atoms with van der Waals surface area (Å²) in [5, 5.41) is 0. The monoisotopic (exact) mass is 204 g/mol. The minimum atomic E-state index is -0.140. The van der Waals surface area contributed by atoms with Gasteiger partial charge in [0.25, 0.3) is 0 Å². The molecule has 0 spiro atoms. The summed E-state index contributed by atoms with van der Waals surface area (Å²) in [5.74, 6) is 4.49. The van der Waals surface area contributed by atoms with Gasteiger partial charge in [-0.25, -0.2) is 0 Å². The minimum absolute atomic E-state index is 0.140. The van der Waals surface area contributed by atoms with Crippen LogP contribution in [0.15, 0.2) is 12.3 Å². The van der Waals surface area contributed by atoms with Gasteiger partial charge in [0, 0.05) is 0 Å². The Labute approximate surface area is 92.9 Å². The molecule has 1 aliphatic carbocycles. The van der Waals surface area contributed by atoms with Crippen LogP contribution in [0.2, 0.25) is 0 Å². The van der Waals surface area contributed by atoms with Gasteiger partial charge in [0.1, 0.15) is 5.76 Å². The molecule has 1 aliphatic heterocycles. The average Bonchev–Trinajstić information content (AvgIpc) is 2.31. The second-order valence-electron chi connectivity index (χ2n) is 4.83. The fraction of sp³-hybridized carbons (Fsp3) is 0.714. The third-order valence-corrected chi connectivity index (χ3v) is 4.05. The van der Waals surface area contributed by atoms with Crippen molar-refractivity contribution < 1.29 is 4.74 Å². The van der Waals surface area contributed by atoms with Gasteiger partial charge < -0.3 is 4.74 Å². The van der Waals surface area contributed by atoms with Crippen molar-refractivity contribution in [3.05, 3.63) is 12.3 Å². The van der Waals surface area contributed by atoms with E-state index in [4.69, 9.17) is 11.2 Å². The Balaban J connectivity index is 2.19. The van der Waals surface area contributed by atoms with Crippen molar-refractivity contribution >= 4 is 0 Å². The van der Waals surface area contributed by atoms with E-state index in [0.29, 0.717) is 5.92 Å². The number of ether oxygens (including phenoxy) is 1. The van der Waals surface area contributed by atoms with Crippen LogP contribution in [0.5, 0.6) is 0 Å². The maximum atomic E-state index is 5.77. The van der Waals surface area contributed by atoms with Gasteiger partial charge in [0.2, 0.25) is 0 Å². The lowest BCUT2D eigenvalue weighted by atomic mass is 9.65. The highest BCUT2D eigenvalue weighted by Gasteiger charge is 2.42. The van der Waals surface area contributed by atoms with Gasteiger partial charge in [-0.05, 0) is 31.6 Å². The van der Waals surface area contributed by atoms with E-state index in [2.05, 4.69) is 12.5 Å². The third kappa shape index (κ3) is 1.78. The highest BCUT2D eigenvalue weighted by atomic mass is 16.5. The standard InChI is InChI=1S/C14H20O/c1-3-14(10-7-11-15-12(14)2)13-8-5-4-6-9-13/h1,13H,2,4-11H2. The smallest absolute Gasteiger partial charge is 0.107 e. The molecule has 2 fully saturated rings. The molecule has 1 unspecified atom stereocenters. The molecule has 2 rings (SSSR count). The van der Waals surface area contributed by atoms with E-state index < -0.39 is 0 Å². The highest BCUT2D eigenvalue weighted by molar-refractivity contribution is 5.23. The van der Waals surface area contributed by atoms with Crippen LogP contribution in [0.3, 0.4) is 0 Å². The fourth-order valence-corrected chi connectivity index (χ4v) is 3.11. The van der Waals surface area contributed by atoms with E-state index in [1.165, 1.54) is 32.1 Å². The van der Waals surface area contributed by atoms with Crippen LogP contribution < -0.4 is 0 Å². The largest absolute Gasteiger partial charge is 0.497 e. The van der Waals surface area contributed by atoms with Crippen LogP contribution in [0.25, 0.3) is 0 Å². The van der Waals surface area contributed by atoms with Gasteiger partial charge in [-0.2, -0.15) is 0 Å². The first-order valence-electron chi connectivity index (χ1n) is 6.09. The summed E-state index contributed by atoms with van der Waals surface area (Å²) in [6.07, 6.45) is 14.4. The van der Waals surface area contributed by atoms with Crippen molar-refractivity contribution in [3.8, 4) is 12.3 Å². The maximum Gasteiger partial charge on any atom is 0.107 e. The van der Waals surface area contributed by atoms with E-state index in [-0.39, 0.29) is 5.41 Å². The van der Waals surface area contributed by atoms with Crippen LogP contribution in [0, 0.1) is 23.7 Å². The summed E-state index contributed by atoms with van der Waals surface area (Å²) in [6.45, 7) is 4.85. The molecule has 15 heavy (non-hydrogen) atoms. The Bertz CT molecular complexity index is 280. The van der Waals surface area contributed by atoms with Crippen LogP contribution in [0.4, 0.5) is 0 Å². The molecule has 82 valence electrons. The van der Waals surface area contributed by atoms with E-state index >= 15 is 0 Å². The maximum absolute atomic E-state index is 5.77. The first-order valence-corrected chi connectivity index (χ1v) is 6.09. The number of terminal acetylenes is 1. The second kappa shape index (κ2) is 4.31. The molecule has 1 nitrogen and oxygen atoms in total. The SMILES string of the molecule is C#CC1(C2CCCCC2)CCCOC1=C. The Hall–Kier alpha value is -0.900. The lowest BCUT2D eigenvalue weighted by Crippen LogP contribution is -2.36. The first kappa shape index (κ1) is 10.6. The van der Waals surface area contributed by atoms with Crippen molar-refractivity contribution in [2.45, 2.75) is 44.9 Å². The highest BCUT2D eigenvalue weighted by Crippen LogP contribution is 2.48. The van der Waals surface area contributed by atoms with Gasteiger partial charge in [-0.15, -0.1) is 6.42 Å². The van der Waals surface area contributed by atoms with Crippen molar-refractivity contribution in [3.63, 3.8) is 0 Å². The van der Waals surface area contributed by atoms with E-state index in [0.717, 1.165) is 25.2 Å². The number of hydrogen-bond acceptors (Lipinski definition) is 1. The van der Waals surface area contributed by atoms with Crippen molar-refractivity contribution in [1.82, 2.24) is 0 Å². The quantitative estimate of drug-likeness (QED) is 0.594. The molecule has 1 atom stereocenters. The number of allylic oxidation sites excluding steroid dienone is 1. The average molecular weight is 204 g/mol. The molecule has 0 aromatic carbocycles.